The maximum atomic E-state index is 12.8. The monoisotopic (exact) mass is 407 g/mol. The Balaban J connectivity index is 2.44. The first-order valence-corrected chi connectivity index (χ1v) is 9.88. The summed E-state index contributed by atoms with van der Waals surface area (Å²) in [7, 11) is 0. The van der Waals surface area contributed by atoms with Crippen LogP contribution in [-0.4, -0.2) is 40.3 Å². The van der Waals surface area contributed by atoms with E-state index in [1.165, 1.54) is 6.20 Å². The molecule has 2 aromatic heterocycles. The van der Waals surface area contributed by atoms with Crippen molar-refractivity contribution in [3.63, 3.8) is 0 Å². The molecule has 0 fully saturated rings. The number of hydrogen-bond acceptors (Lipinski definition) is 7. The Morgan fingerprint density at radius 3 is 2.43 bits per heavy atom. The lowest BCUT2D eigenvalue weighted by atomic mass is 10.1. The molecule has 152 valence electrons. The first-order chi connectivity index (χ1) is 13.2. The van der Waals surface area contributed by atoms with E-state index < -0.39 is 17.8 Å². The highest BCUT2D eigenvalue weighted by atomic mass is 32.1. The van der Waals surface area contributed by atoms with Crippen LogP contribution in [0.4, 0.5) is 5.00 Å². The first-order valence-electron chi connectivity index (χ1n) is 9.06. The van der Waals surface area contributed by atoms with Gasteiger partial charge >= 0.3 is 11.9 Å². The van der Waals surface area contributed by atoms with E-state index >= 15 is 0 Å². The summed E-state index contributed by atoms with van der Waals surface area (Å²) in [6, 6.07) is 0. The number of aryl methyl sites for hydroxylation is 1. The van der Waals surface area contributed by atoms with Crippen LogP contribution in [-0.2, 0) is 16.0 Å². The highest BCUT2D eigenvalue weighted by Gasteiger charge is 2.28. The highest BCUT2D eigenvalue weighted by molar-refractivity contribution is 7.18. The quantitative estimate of drug-likeness (QED) is 0.704. The van der Waals surface area contributed by atoms with E-state index in [1.807, 2.05) is 6.92 Å². The average molecular weight is 407 g/mol. The number of ether oxygens (including phenoxy) is 2. The van der Waals surface area contributed by atoms with Gasteiger partial charge in [0.2, 0.25) is 0 Å². The van der Waals surface area contributed by atoms with Crippen molar-refractivity contribution >= 4 is 34.2 Å². The molecule has 0 aromatic carbocycles. The van der Waals surface area contributed by atoms with Gasteiger partial charge in [-0.15, -0.1) is 11.3 Å². The molecule has 0 aliphatic heterocycles. The molecule has 2 heterocycles. The summed E-state index contributed by atoms with van der Waals surface area (Å²) >= 11 is 0.996. The van der Waals surface area contributed by atoms with Gasteiger partial charge in [-0.05, 0) is 47.1 Å². The molecule has 1 amide bonds. The molecule has 0 aliphatic carbocycles. The van der Waals surface area contributed by atoms with Crippen LogP contribution in [0.15, 0.2) is 6.20 Å². The van der Waals surface area contributed by atoms with Gasteiger partial charge in [0, 0.05) is 12.2 Å². The number of amides is 1. The normalized spacial score (nSPS) is 10.8. The Morgan fingerprint density at radius 1 is 1.21 bits per heavy atom. The van der Waals surface area contributed by atoms with Crippen LogP contribution in [0.1, 0.15) is 69.3 Å². The topological polar surface area (TPSA) is 99.5 Å². The highest BCUT2D eigenvalue weighted by Crippen LogP contribution is 2.35. The molecule has 0 saturated carbocycles. The SMILES string of the molecule is CCOC(=O)c1sc(NC(=O)c2cnn(CC)c2C)c(C(=O)OC(C)C)c1C. The second-order valence-corrected chi connectivity index (χ2v) is 7.37. The average Bonchev–Trinajstić information content (AvgIpc) is 3.14. The molecule has 0 unspecified atom stereocenters. The minimum absolute atomic E-state index is 0.163. The van der Waals surface area contributed by atoms with Crippen molar-refractivity contribution in [1.82, 2.24) is 9.78 Å². The van der Waals surface area contributed by atoms with Gasteiger partial charge in [0.25, 0.3) is 5.91 Å². The molecule has 0 saturated heterocycles. The van der Waals surface area contributed by atoms with Crippen LogP contribution in [0.3, 0.4) is 0 Å². The Bertz CT molecular complexity index is 898. The summed E-state index contributed by atoms with van der Waals surface area (Å²) in [6.07, 6.45) is 1.14. The van der Waals surface area contributed by atoms with Gasteiger partial charge in [-0.2, -0.15) is 5.10 Å². The van der Waals surface area contributed by atoms with E-state index in [1.54, 1.807) is 39.3 Å². The Morgan fingerprint density at radius 2 is 1.89 bits per heavy atom. The molecular formula is C19H25N3O5S. The van der Waals surface area contributed by atoms with Gasteiger partial charge in [0.05, 0.1) is 30.0 Å². The predicted octanol–water partition coefficient (Wildman–Crippen LogP) is 3.58. The minimum atomic E-state index is -0.601. The zero-order valence-electron chi connectivity index (χ0n) is 16.9. The summed E-state index contributed by atoms with van der Waals surface area (Å²) < 4.78 is 12.1. The maximum absolute atomic E-state index is 12.8. The number of nitrogens with zero attached hydrogens (tertiary/aromatic N) is 2. The van der Waals surface area contributed by atoms with Crippen molar-refractivity contribution in [3.8, 4) is 0 Å². The van der Waals surface area contributed by atoms with E-state index in [2.05, 4.69) is 10.4 Å². The van der Waals surface area contributed by atoms with E-state index in [-0.39, 0.29) is 28.2 Å². The number of esters is 2. The van der Waals surface area contributed by atoms with Crippen molar-refractivity contribution in [2.75, 3.05) is 11.9 Å². The predicted molar refractivity (Wildman–Crippen MR) is 106 cm³/mol. The van der Waals surface area contributed by atoms with Crippen LogP contribution in [0.2, 0.25) is 0 Å². The number of hydrogen-bond donors (Lipinski definition) is 1. The molecule has 0 atom stereocenters. The van der Waals surface area contributed by atoms with Crippen molar-refractivity contribution in [1.29, 1.82) is 0 Å². The van der Waals surface area contributed by atoms with E-state index in [0.29, 0.717) is 23.4 Å². The Hall–Kier alpha value is -2.68. The molecule has 0 bridgehead atoms. The van der Waals surface area contributed by atoms with Gasteiger partial charge in [-0.1, -0.05) is 0 Å². The zero-order valence-corrected chi connectivity index (χ0v) is 17.7. The lowest BCUT2D eigenvalue weighted by molar-refractivity contribution is 0.0379. The first kappa shape index (κ1) is 21.6. The Labute approximate surface area is 167 Å². The fourth-order valence-corrected chi connectivity index (χ4v) is 3.75. The number of aromatic nitrogens is 2. The second-order valence-electron chi connectivity index (χ2n) is 6.35. The standard InChI is InChI=1S/C19H25N3O5S/c1-7-22-12(6)13(9-20-22)16(23)21-17-14(18(24)27-10(3)4)11(5)15(28-17)19(25)26-8-2/h9-10H,7-8H2,1-6H3,(H,21,23). The van der Waals surface area contributed by atoms with Crippen LogP contribution >= 0.6 is 11.3 Å². The van der Waals surface area contributed by atoms with Gasteiger partial charge in [-0.3, -0.25) is 9.48 Å². The molecule has 1 N–H and O–H groups in total. The number of rotatable bonds is 7. The number of nitrogens with one attached hydrogen (secondary N) is 1. The molecule has 0 aliphatic rings. The van der Waals surface area contributed by atoms with E-state index in [4.69, 9.17) is 9.47 Å². The van der Waals surface area contributed by atoms with Gasteiger partial charge in [-0.25, -0.2) is 9.59 Å². The Kier molecular flexibility index (Phi) is 6.95. The van der Waals surface area contributed by atoms with E-state index in [0.717, 1.165) is 11.3 Å². The number of anilines is 1. The molecular weight excluding hydrogens is 382 g/mol. The maximum Gasteiger partial charge on any atom is 0.348 e. The van der Waals surface area contributed by atoms with Crippen molar-refractivity contribution in [2.45, 2.75) is 54.2 Å². The molecule has 2 rings (SSSR count). The molecule has 8 nitrogen and oxygen atoms in total. The third kappa shape index (κ3) is 4.41. The molecule has 9 heteroatoms. The number of carbonyl (C=O) groups excluding carboxylic acids is 3. The van der Waals surface area contributed by atoms with Crippen LogP contribution in [0.25, 0.3) is 0 Å². The minimum Gasteiger partial charge on any atom is -0.462 e. The van der Waals surface area contributed by atoms with Crippen LogP contribution in [0.5, 0.6) is 0 Å². The summed E-state index contributed by atoms with van der Waals surface area (Å²) in [5.41, 5.74) is 1.69. The van der Waals surface area contributed by atoms with Crippen LogP contribution < -0.4 is 5.32 Å². The number of thiophene rings is 1. The molecule has 28 heavy (non-hydrogen) atoms. The number of carbonyl (C=O) groups is 3. The molecule has 0 radical (unpaired) electrons. The zero-order chi connectivity index (χ0) is 21.0. The molecule has 0 spiro atoms. The van der Waals surface area contributed by atoms with Crippen molar-refractivity contribution < 1.29 is 23.9 Å². The van der Waals surface area contributed by atoms with Crippen LogP contribution in [0, 0.1) is 13.8 Å². The van der Waals surface area contributed by atoms with E-state index in [9.17, 15) is 14.4 Å². The second kappa shape index (κ2) is 9.01. The largest absolute Gasteiger partial charge is 0.462 e. The summed E-state index contributed by atoms with van der Waals surface area (Å²) in [4.78, 5) is 37.8. The summed E-state index contributed by atoms with van der Waals surface area (Å²) in [5, 5.41) is 7.15. The molecule has 2 aromatic rings. The summed E-state index contributed by atoms with van der Waals surface area (Å²) in [5.74, 6) is -1.55. The van der Waals surface area contributed by atoms with Gasteiger partial charge in [0.1, 0.15) is 9.88 Å². The van der Waals surface area contributed by atoms with Crippen molar-refractivity contribution in [3.05, 3.63) is 33.5 Å². The fraction of sp³-hybridized carbons (Fsp3) is 0.474. The van der Waals surface area contributed by atoms with Gasteiger partial charge < -0.3 is 14.8 Å². The lowest BCUT2D eigenvalue weighted by Crippen LogP contribution is -2.17. The third-order valence-corrected chi connectivity index (χ3v) is 5.22. The third-order valence-electron chi connectivity index (χ3n) is 4.03. The van der Waals surface area contributed by atoms with Gasteiger partial charge in [0.15, 0.2) is 0 Å². The smallest absolute Gasteiger partial charge is 0.348 e. The fourth-order valence-electron chi connectivity index (χ4n) is 2.67. The lowest BCUT2D eigenvalue weighted by Gasteiger charge is -2.10. The summed E-state index contributed by atoms with van der Waals surface area (Å²) in [6.45, 7) is 11.4. The van der Waals surface area contributed by atoms with Crippen molar-refractivity contribution in [2.24, 2.45) is 0 Å².